The highest BCUT2D eigenvalue weighted by atomic mass is 32.2. The van der Waals surface area contributed by atoms with Gasteiger partial charge < -0.3 is 15.7 Å². The summed E-state index contributed by atoms with van der Waals surface area (Å²) >= 11 is 1.01. The Morgan fingerprint density at radius 1 is 1.14 bits per heavy atom. The van der Waals surface area contributed by atoms with Gasteiger partial charge in [0.05, 0.1) is 5.00 Å². The van der Waals surface area contributed by atoms with Gasteiger partial charge in [0.1, 0.15) is 4.21 Å². The Balaban J connectivity index is 1.75. The molecule has 1 aromatic carbocycles. The fourth-order valence-corrected chi connectivity index (χ4v) is 6.03. The molecule has 3 rings (SSSR count). The molecule has 0 amide bonds. The first kappa shape index (κ1) is 21.9. The SMILES string of the molecule is C[C@H]1CN(S(=O)(=O)c2ccc(N)s2)CCN1c1ccc(C(C)(O)C(F)(F)F)cc1. The molecule has 1 aliphatic rings. The fourth-order valence-electron chi connectivity index (χ4n) is 3.27. The van der Waals surface area contributed by atoms with Gasteiger partial charge in [0.15, 0.2) is 5.60 Å². The molecule has 3 N–H and O–H groups in total. The van der Waals surface area contributed by atoms with E-state index in [9.17, 15) is 26.7 Å². The maximum Gasteiger partial charge on any atom is 0.421 e. The number of rotatable bonds is 4. The lowest BCUT2D eigenvalue weighted by atomic mass is 9.95. The van der Waals surface area contributed by atoms with Crippen molar-refractivity contribution in [3.05, 3.63) is 42.0 Å². The van der Waals surface area contributed by atoms with Gasteiger partial charge in [-0.1, -0.05) is 12.1 Å². The summed E-state index contributed by atoms with van der Waals surface area (Å²) in [4.78, 5) is 1.93. The van der Waals surface area contributed by atoms with Crippen LogP contribution in [0.5, 0.6) is 0 Å². The maximum atomic E-state index is 13.0. The van der Waals surface area contributed by atoms with E-state index in [1.54, 1.807) is 6.07 Å². The molecule has 1 aromatic heterocycles. The molecule has 1 unspecified atom stereocenters. The van der Waals surface area contributed by atoms with Gasteiger partial charge in [-0.2, -0.15) is 17.5 Å². The second kappa shape index (κ2) is 7.46. The highest BCUT2D eigenvalue weighted by Crippen LogP contribution is 2.39. The van der Waals surface area contributed by atoms with Crippen molar-refractivity contribution < 1.29 is 26.7 Å². The first-order valence-electron chi connectivity index (χ1n) is 8.86. The molecule has 6 nitrogen and oxygen atoms in total. The summed E-state index contributed by atoms with van der Waals surface area (Å²) in [6, 6.07) is 8.35. The van der Waals surface area contributed by atoms with E-state index in [0.717, 1.165) is 11.3 Å². The fraction of sp³-hybridized carbons (Fsp3) is 0.444. The van der Waals surface area contributed by atoms with E-state index in [1.165, 1.54) is 34.6 Å². The lowest BCUT2D eigenvalue weighted by Gasteiger charge is -2.40. The highest BCUT2D eigenvalue weighted by Gasteiger charge is 2.51. The number of aliphatic hydroxyl groups is 1. The summed E-state index contributed by atoms with van der Waals surface area (Å²) < 4.78 is 66.1. The number of nitrogens with two attached hydrogens (primary N) is 1. The molecule has 1 fully saturated rings. The van der Waals surface area contributed by atoms with Crippen LogP contribution in [0.1, 0.15) is 19.4 Å². The second-order valence-corrected chi connectivity index (χ2v) is 10.5. The largest absolute Gasteiger partial charge is 0.421 e. The first-order valence-corrected chi connectivity index (χ1v) is 11.1. The minimum Gasteiger partial charge on any atom is -0.391 e. The van der Waals surface area contributed by atoms with Gasteiger partial charge in [0, 0.05) is 31.4 Å². The smallest absolute Gasteiger partial charge is 0.391 e. The summed E-state index contributed by atoms with van der Waals surface area (Å²) in [5.74, 6) is 0. The molecule has 0 saturated carbocycles. The Bertz CT molecular complexity index is 972. The Morgan fingerprint density at radius 2 is 1.76 bits per heavy atom. The van der Waals surface area contributed by atoms with Crippen LogP contribution in [-0.2, 0) is 15.6 Å². The van der Waals surface area contributed by atoms with Crippen LogP contribution in [0, 0.1) is 0 Å². The molecule has 0 spiro atoms. The van der Waals surface area contributed by atoms with E-state index >= 15 is 0 Å². The highest BCUT2D eigenvalue weighted by molar-refractivity contribution is 7.91. The molecule has 160 valence electrons. The molecule has 2 atom stereocenters. The first-order chi connectivity index (χ1) is 13.3. The average Bonchev–Trinajstić information content (AvgIpc) is 3.08. The molecule has 29 heavy (non-hydrogen) atoms. The van der Waals surface area contributed by atoms with Crippen molar-refractivity contribution in [2.75, 3.05) is 30.3 Å². The lowest BCUT2D eigenvalue weighted by Crippen LogP contribution is -2.53. The number of piperazine rings is 1. The predicted octanol–water partition coefficient (Wildman–Crippen LogP) is 3.00. The van der Waals surface area contributed by atoms with Gasteiger partial charge in [0.2, 0.25) is 0 Å². The Labute approximate surface area is 171 Å². The van der Waals surface area contributed by atoms with E-state index in [2.05, 4.69) is 0 Å². The number of alkyl halides is 3. The monoisotopic (exact) mass is 449 g/mol. The quantitative estimate of drug-likeness (QED) is 0.750. The standard InChI is InChI=1S/C18H22F3N3O3S2/c1-12-11-23(29(26,27)16-8-7-15(22)28-16)9-10-24(12)14-5-3-13(4-6-14)17(2,25)18(19,20)21/h3-8,12,25H,9-11,22H2,1-2H3/t12-,17?/m0/s1. The van der Waals surface area contributed by atoms with Gasteiger partial charge in [-0.25, -0.2) is 8.42 Å². The van der Waals surface area contributed by atoms with E-state index < -0.39 is 21.8 Å². The number of hydrogen-bond donors (Lipinski definition) is 2. The number of thiophene rings is 1. The van der Waals surface area contributed by atoms with Gasteiger partial charge in [-0.05, 0) is 43.7 Å². The van der Waals surface area contributed by atoms with Crippen LogP contribution in [0.2, 0.25) is 0 Å². The number of nitrogen functional groups attached to an aromatic ring is 1. The molecular weight excluding hydrogens is 427 g/mol. The van der Waals surface area contributed by atoms with E-state index in [1.807, 2.05) is 11.8 Å². The van der Waals surface area contributed by atoms with Crippen molar-refractivity contribution in [3.63, 3.8) is 0 Å². The third-order valence-electron chi connectivity index (χ3n) is 5.10. The second-order valence-electron chi connectivity index (χ2n) is 7.18. The van der Waals surface area contributed by atoms with Crippen molar-refractivity contribution in [2.45, 2.75) is 35.9 Å². The maximum absolute atomic E-state index is 13.0. The summed E-state index contributed by atoms with van der Waals surface area (Å²) in [6.45, 7) is 3.43. The van der Waals surface area contributed by atoms with Crippen LogP contribution in [0.15, 0.2) is 40.6 Å². The van der Waals surface area contributed by atoms with Crippen molar-refractivity contribution >= 4 is 32.0 Å². The molecular formula is C18H22F3N3O3S2. The molecule has 0 bridgehead atoms. The molecule has 0 aliphatic carbocycles. The van der Waals surface area contributed by atoms with Crippen molar-refractivity contribution in [1.29, 1.82) is 0 Å². The molecule has 0 radical (unpaired) electrons. The Hall–Kier alpha value is -1.82. The van der Waals surface area contributed by atoms with Crippen LogP contribution >= 0.6 is 11.3 Å². The third kappa shape index (κ3) is 4.09. The van der Waals surface area contributed by atoms with Gasteiger partial charge in [-0.15, -0.1) is 11.3 Å². The number of halogens is 3. The number of sulfonamides is 1. The van der Waals surface area contributed by atoms with Gasteiger partial charge in [-0.3, -0.25) is 0 Å². The van der Waals surface area contributed by atoms with Crippen LogP contribution < -0.4 is 10.6 Å². The van der Waals surface area contributed by atoms with E-state index in [0.29, 0.717) is 24.2 Å². The lowest BCUT2D eigenvalue weighted by molar-refractivity contribution is -0.258. The normalized spacial score (nSPS) is 21.2. The average molecular weight is 450 g/mol. The zero-order chi connectivity index (χ0) is 21.6. The van der Waals surface area contributed by atoms with E-state index in [4.69, 9.17) is 5.73 Å². The van der Waals surface area contributed by atoms with Crippen molar-refractivity contribution in [2.24, 2.45) is 0 Å². The van der Waals surface area contributed by atoms with Crippen LogP contribution in [0.4, 0.5) is 23.9 Å². The zero-order valence-electron chi connectivity index (χ0n) is 15.8. The van der Waals surface area contributed by atoms with Gasteiger partial charge in [0.25, 0.3) is 10.0 Å². The Kier molecular flexibility index (Phi) is 5.63. The Morgan fingerprint density at radius 3 is 2.24 bits per heavy atom. The molecule has 1 aliphatic heterocycles. The summed E-state index contributed by atoms with van der Waals surface area (Å²) in [6.07, 6.45) is -4.78. The molecule has 11 heteroatoms. The topological polar surface area (TPSA) is 86.9 Å². The molecule has 2 aromatic rings. The van der Waals surface area contributed by atoms with Crippen molar-refractivity contribution in [1.82, 2.24) is 4.31 Å². The third-order valence-corrected chi connectivity index (χ3v) is 8.35. The molecule has 2 heterocycles. The number of nitrogens with zero attached hydrogens (tertiary/aromatic N) is 2. The summed E-state index contributed by atoms with van der Waals surface area (Å²) in [5, 5.41) is 10.2. The summed E-state index contributed by atoms with van der Waals surface area (Å²) in [7, 11) is -3.64. The van der Waals surface area contributed by atoms with Crippen LogP contribution in [-0.4, -0.2) is 49.7 Å². The molecule has 1 saturated heterocycles. The predicted molar refractivity (Wildman–Crippen MR) is 106 cm³/mol. The number of hydrogen-bond acceptors (Lipinski definition) is 6. The van der Waals surface area contributed by atoms with Crippen LogP contribution in [0.3, 0.4) is 0 Å². The minimum atomic E-state index is -4.78. The van der Waals surface area contributed by atoms with Gasteiger partial charge >= 0.3 is 6.18 Å². The minimum absolute atomic E-state index is 0.189. The zero-order valence-corrected chi connectivity index (χ0v) is 17.5. The number of benzene rings is 1. The van der Waals surface area contributed by atoms with E-state index in [-0.39, 0.29) is 28.9 Å². The van der Waals surface area contributed by atoms with Crippen LogP contribution in [0.25, 0.3) is 0 Å². The number of anilines is 2. The van der Waals surface area contributed by atoms with Crippen molar-refractivity contribution in [3.8, 4) is 0 Å². The summed E-state index contributed by atoms with van der Waals surface area (Å²) in [5.41, 5.74) is 3.11.